The molecule has 1 amide bonds. The normalized spacial score (nSPS) is 10.8. The summed E-state index contributed by atoms with van der Waals surface area (Å²) in [6.07, 6.45) is 0. The smallest absolute Gasteiger partial charge is 0.251 e. The summed E-state index contributed by atoms with van der Waals surface area (Å²) >= 11 is 5.89. The molecule has 0 unspecified atom stereocenters. The minimum absolute atomic E-state index is 0.135. The first kappa shape index (κ1) is 13.6. The molecule has 1 heterocycles. The number of aromatic nitrogens is 2. The molecular weight excluding hydrogens is 286 g/mol. The summed E-state index contributed by atoms with van der Waals surface area (Å²) in [6.45, 7) is 2.22. The fraction of sp³-hybridized carbons (Fsp3) is 0.125. The highest BCUT2D eigenvalue weighted by molar-refractivity contribution is 6.30. The summed E-state index contributed by atoms with van der Waals surface area (Å²) in [6, 6.07) is 13.0. The highest BCUT2D eigenvalue weighted by Gasteiger charge is 2.10. The van der Waals surface area contributed by atoms with E-state index in [0.717, 1.165) is 22.4 Å². The van der Waals surface area contributed by atoms with Crippen molar-refractivity contribution in [1.82, 2.24) is 15.3 Å². The summed E-state index contributed by atoms with van der Waals surface area (Å²) in [4.78, 5) is 19.8. The van der Waals surface area contributed by atoms with Crippen LogP contribution in [0.2, 0.25) is 5.02 Å². The van der Waals surface area contributed by atoms with Gasteiger partial charge >= 0.3 is 0 Å². The lowest BCUT2D eigenvalue weighted by molar-refractivity contribution is 0.0949. The predicted molar refractivity (Wildman–Crippen MR) is 83.5 cm³/mol. The number of hydrogen-bond donors (Lipinski definition) is 2. The van der Waals surface area contributed by atoms with Crippen molar-refractivity contribution in [1.29, 1.82) is 0 Å². The van der Waals surface area contributed by atoms with Crippen molar-refractivity contribution in [2.24, 2.45) is 0 Å². The molecule has 0 spiro atoms. The molecule has 0 bridgehead atoms. The van der Waals surface area contributed by atoms with Gasteiger partial charge in [-0.2, -0.15) is 0 Å². The van der Waals surface area contributed by atoms with Gasteiger partial charge in [0.15, 0.2) is 0 Å². The number of nitrogens with zero attached hydrogens (tertiary/aromatic N) is 1. The van der Waals surface area contributed by atoms with Gasteiger partial charge in [0.25, 0.3) is 5.91 Å². The molecule has 0 saturated heterocycles. The standard InChI is InChI=1S/C16H14ClN3O/c1-10-8-11(17)6-7-12(10)16(21)18-9-15-19-13-4-2-3-5-14(13)20-15/h2-8H,9H2,1H3,(H,18,21)(H,19,20). The maximum atomic E-state index is 12.2. The first-order valence-corrected chi connectivity index (χ1v) is 6.99. The van der Waals surface area contributed by atoms with Crippen LogP contribution in [0.25, 0.3) is 11.0 Å². The third kappa shape index (κ3) is 2.90. The van der Waals surface area contributed by atoms with Crippen molar-refractivity contribution in [3.63, 3.8) is 0 Å². The van der Waals surface area contributed by atoms with E-state index in [-0.39, 0.29) is 5.91 Å². The van der Waals surface area contributed by atoms with Crippen molar-refractivity contribution in [2.45, 2.75) is 13.5 Å². The molecule has 0 fully saturated rings. The molecule has 2 aromatic carbocycles. The number of fused-ring (bicyclic) bond motifs is 1. The second kappa shape index (κ2) is 5.58. The number of amides is 1. The molecule has 0 radical (unpaired) electrons. The van der Waals surface area contributed by atoms with E-state index in [1.807, 2.05) is 31.2 Å². The van der Waals surface area contributed by atoms with E-state index in [9.17, 15) is 4.79 Å². The molecule has 0 aliphatic heterocycles. The van der Waals surface area contributed by atoms with E-state index in [0.29, 0.717) is 17.1 Å². The van der Waals surface area contributed by atoms with Crippen LogP contribution < -0.4 is 5.32 Å². The zero-order valence-electron chi connectivity index (χ0n) is 11.5. The Kier molecular flexibility index (Phi) is 3.62. The lowest BCUT2D eigenvalue weighted by Gasteiger charge is -2.06. The Labute approximate surface area is 127 Å². The number of carbonyl (C=O) groups is 1. The van der Waals surface area contributed by atoms with E-state index in [2.05, 4.69) is 15.3 Å². The average Bonchev–Trinajstić information content (AvgIpc) is 2.87. The Balaban J connectivity index is 1.73. The van der Waals surface area contributed by atoms with Gasteiger partial charge in [0.2, 0.25) is 0 Å². The number of aryl methyl sites for hydroxylation is 1. The quantitative estimate of drug-likeness (QED) is 0.778. The van der Waals surface area contributed by atoms with Gasteiger partial charge in [-0.1, -0.05) is 23.7 Å². The monoisotopic (exact) mass is 299 g/mol. The van der Waals surface area contributed by atoms with E-state index in [4.69, 9.17) is 11.6 Å². The first-order valence-electron chi connectivity index (χ1n) is 6.61. The molecule has 5 heteroatoms. The molecule has 21 heavy (non-hydrogen) atoms. The number of hydrogen-bond acceptors (Lipinski definition) is 2. The first-order chi connectivity index (χ1) is 10.1. The number of aromatic amines is 1. The van der Waals surface area contributed by atoms with Gasteiger partial charge < -0.3 is 10.3 Å². The van der Waals surface area contributed by atoms with Gasteiger partial charge in [-0.05, 0) is 42.8 Å². The molecule has 3 aromatic rings. The van der Waals surface area contributed by atoms with Crippen molar-refractivity contribution >= 4 is 28.5 Å². The van der Waals surface area contributed by atoms with Crippen LogP contribution in [0.15, 0.2) is 42.5 Å². The number of nitrogens with one attached hydrogen (secondary N) is 2. The maximum absolute atomic E-state index is 12.2. The molecule has 2 N–H and O–H groups in total. The molecule has 1 aromatic heterocycles. The Hall–Kier alpha value is -2.33. The van der Waals surface area contributed by atoms with Gasteiger partial charge in [-0.25, -0.2) is 4.98 Å². The fourth-order valence-electron chi connectivity index (χ4n) is 2.23. The number of imidazole rings is 1. The second-order valence-corrected chi connectivity index (χ2v) is 5.28. The summed E-state index contributed by atoms with van der Waals surface area (Å²) in [5.74, 6) is 0.598. The van der Waals surface area contributed by atoms with Crippen molar-refractivity contribution < 1.29 is 4.79 Å². The summed E-state index contributed by atoms with van der Waals surface area (Å²) in [7, 11) is 0. The largest absolute Gasteiger partial charge is 0.345 e. The number of para-hydroxylation sites is 2. The van der Waals surface area contributed by atoms with Crippen LogP contribution in [0.3, 0.4) is 0 Å². The topological polar surface area (TPSA) is 57.8 Å². The minimum Gasteiger partial charge on any atom is -0.345 e. The van der Waals surface area contributed by atoms with Gasteiger partial charge in [-0.15, -0.1) is 0 Å². The third-order valence-corrected chi connectivity index (χ3v) is 3.52. The van der Waals surface area contributed by atoms with Crippen LogP contribution in [0.5, 0.6) is 0 Å². The Morgan fingerprint density at radius 3 is 2.86 bits per heavy atom. The van der Waals surface area contributed by atoms with E-state index in [1.54, 1.807) is 18.2 Å². The van der Waals surface area contributed by atoms with Crippen molar-refractivity contribution in [2.75, 3.05) is 0 Å². The van der Waals surface area contributed by atoms with Crippen molar-refractivity contribution in [3.8, 4) is 0 Å². The predicted octanol–water partition coefficient (Wildman–Crippen LogP) is 3.45. The van der Waals surface area contributed by atoms with Gasteiger partial charge in [0.1, 0.15) is 5.82 Å². The molecule has 3 rings (SSSR count). The van der Waals surface area contributed by atoms with Gasteiger partial charge in [0, 0.05) is 10.6 Å². The minimum atomic E-state index is -0.135. The Morgan fingerprint density at radius 1 is 1.29 bits per heavy atom. The molecule has 0 aliphatic carbocycles. The van der Waals surface area contributed by atoms with Crippen LogP contribution in [0.4, 0.5) is 0 Å². The average molecular weight is 300 g/mol. The van der Waals surface area contributed by atoms with Crippen LogP contribution in [-0.2, 0) is 6.54 Å². The van der Waals surface area contributed by atoms with E-state index in [1.165, 1.54) is 0 Å². The third-order valence-electron chi connectivity index (χ3n) is 3.29. The van der Waals surface area contributed by atoms with E-state index >= 15 is 0 Å². The van der Waals surface area contributed by atoms with E-state index < -0.39 is 0 Å². The second-order valence-electron chi connectivity index (χ2n) is 4.84. The highest BCUT2D eigenvalue weighted by atomic mass is 35.5. The zero-order valence-corrected chi connectivity index (χ0v) is 12.2. The highest BCUT2D eigenvalue weighted by Crippen LogP contribution is 2.15. The number of rotatable bonds is 3. The molecule has 0 atom stereocenters. The van der Waals surface area contributed by atoms with Crippen LogP contribution in [-0.4, -0.2) is 15.9 Å². The molecule has 0 saturated carbocycles. The number of carbonyl (C=O) groups excluding carboxylic acids is 1. The Morgan fingerprint density at radius 2 is 2.10 bits per heavy atom. The lowest BCUT2D eigenvalue weighted by Crippen LogP contribution is -2.24. The fourth-order valence-corrected chi connectivity index (χ4v) is 2.46. The van der Waals surface area contributed by atoms with Gasteiger partial charge in [0.05, 0.1) is 17.6 Å². The maximum Gasteiger partial charge on any atom is 0.251 e. The number of halogens is 1. The summed E-state index contributed by atoms with van der Waals surface area (Å²) in [5.41, 5.74) is 3.33. The number of benzene rings is 2. The molecule has 4 nitrogen and oxygen atoms in total. The lowest BCUT2D eigenvalue weighted by atomic mass is 10.1. The molecular formula is C16H14ClN3O. The van der Waals surface area contributed by atoms with Crippen molar-refractivity contribution in [3.05, 3.63) is 64.4 Å². The van der Waals surface area contributed by atoms with Gasteiger partial charge in [-0.3, -0.25) is 4.79 Å². The van der Waals surface area contributed by atoms with Crippen LogP contribution in [0, 0.1) is 6.92 Å². The molecule has 0 aliphatic rings. The SMILES string of the molecule is Cc1cc(Cl)ccc1C(=O)NCc1nc2ccccc2[nH]1. The number of H-pyrrole nitrogens is 1. The zero-order chi connectivity index (χ0) is 14.8. The Bertz CT molecular complexity index is 777. The van der Waals surface area contributed by atoms with Crippen LogP contribution in [0.1, 0.15) is 21.7 Å². The summed E-state index contributed by atoms with van der Waals surface area (Å²) < 4.78 is 0. The molecule has 106 valence electrons. The summed E-state index contributed by atoms with van der Waals surface area (Å²) in [5, 5.41) is 3.49. The van der Waals surface area contributed by atoms with Crippen LogP contribution >= 0.6 is 11.6 Å².